The molecule has 3 rings (SSSR count). The second-order valence-corrected chi connectivity index (χ2v) is 9.78. The third kappa shape index (κ3) is 5.27. The Hall–Kier alpha value is -2.24. The second-order valence-electron chi connectivity index (χ2n) is 6.07. The first kappa shape index (κ1) is 22.4. The van der Waals surface area contributed by atoms with Crippen LogP contribution in [-0.2, 0) is 10.0 Å². The van der Waals surface area contributed by atoms with Crippen LogP contribution in [0.15, 0.2) is 46.8 Å². The molecule has 12 heteroatoms. The Morgan fingerprint density at radius 1 is 1.13 bits per heavy atom. The standard InChI is InChI=1S/C18H16Cl2N4O4S2/c1-10(11-3-6-13(28-2)7-4-11)24-30(26,27)18-23-22-17(29-18)21-16(25)14-8-5-12(19)9-15(14)20/h3-10,24H,1-2H3,(H,21,22,25). The Morgan fingerprint density at radius 2 is 1.83 bits per heavy atom. The van der Waals surface area contributed by atoms with Gasteiger partial charge >= 0.3 is 0 Å². The van der Waals surface area contributed by atoms with Gasteiger partial charge in [-0.1, -0.05) is 46.7 Å². The molecule has 0 spiro atoms. The first-order valence-corrected chi connectivity index (χ1v) is 11.5. The summed E-state index contributed by atoms with van der Waals surface area (Å²) in [5.74, 6) is 0.107. The molecule has 8 nitrogen and oxygen atoms in total. The van der Waals surface area contributed by atoms with Crippen LogP contribution in [0, 0.1) is 0 Å². The summed E-state index contributed by atoms with van der Waals surface area (Å²) < 4.78 is 32.6. The van der Waals surface area contributed by atoms with Gasteiger partial charge in [0, 0.05) is 11.1 Å². The van der Waals surface area contributed by atoms with E-state index in [1.807, 2.05) is 0 Å². The highest BCUT2D eigenvalue weighted by Crippen LogP contribution is 2.25. The van der Waals surface area contributed by atoms with Crippen molar-refractivity contribution >= 4 is 55.6 Å². The molecule has 0 saturated carbocycles. The molecule has 1 unspecified atom stereocenters. The van der Waals surface area contributed by atoms with E-state index in [0.717, 1.165) is 16.9 Å². The number of hydrogen-bond donors (Lipinski definition) is 2. The number of nitrogens with zero attached hydrogens (tertiary/aromatic N) is 2. The van der Waals surface area contributed by atoms with E-state index in [-0.39, 0.29) is 20.1 Å². The van der Waals surface area contributed by atoms with Gasteiger partial charge in [0.1, 0.15) is 5.75 Å². The number of carbonyl (C=O) groups excluding carboxylic acids is 1. The van der Waals surface area contributed by atoms with E-state index < -0.39 is 22.0 Å². The van der Waals surface area contributed by atoms with E-state index in [1.54, 1.807) is 38.3 Å². The predicted octanol–water partition coefficient (Wildman–Crippen LogP) is 4.15. The van der Waals surface area contributed by atoms with E-state index in [9.17, 15) is 13.2 Å². The van der Waals surface area contributed by atoms with Crippen molar-refractivity contribution in [2.24, 2.45) is 0 Å². The minimum Gasteiger partial charge on any atom is -0.497 e. The van der Waals surface area contributed by atoms with Crippen molar-refractivity contribution in [3.63, 3.8) is 0 Å². The van der Waals surface area contributed by atoms with Gasteiger partial charge in [0.05, 0.1) is 17.7 Å². The van der Waals surface area contributed by atoms with E-state index >= 15 is 0 Å². The van der Waals surface area contributed by atoms with Gasteiger partial charge in [0.15, 0.2) is 0 Å². The van der Waals surface area contributed by atoms with Crippen LogP contribution in [0.2, 0.25) is 10.0 Å². The van der Waals surface area contributed by atoms with Crippen LogP contribution in [0.4, 0.5) is 5.13 Å². The molecule has 0 saturated heterocycles. The highest BCUT2D eigenvalue weighted by atomic mass is 35.5. The van der Waals surface area contributed by atoms with Crippen molar-refractivity contribution in [2.75, 3.05) is 12.4 Å². The van der Waals surface area contributed by atoms with Crippen LogP contribution in [0.5, 0.6) is 5.75 Å². The van der Waals surface area contributed by atoms with Gasteiger partial charge < -0.3 is 4.74 Å². The van der Waals surface area contributed by atoms with Gasteiger partial charge in [-0.15, -0.1) is 10.2 Å². The van der Waals surface area contributed by atoms with Crippen LogP contribution in [0.25, 0.3) is 0 Å². The average molecular weight is 487 g/mol. The van der Waals surface area contributed by atoms with Gasteiger partial charge in [0.25, 0.3) is 15.9 Å². The lowest BCUT2D eigenvalue weighted by Crippen LogP contribution is -2.26. The molecule has 2 aromatic carbocycles. The van der Waals surface area contributed by atoms with E-state index in [2.05, 4.69) is 20.2 Å². The van der Waals surface area contributed by atoms with Crippen molar-refractivity contribution in [3.05, 3.63) is 63.6 Å². The number of sulfonamides is 1. The van der Waals surface area contributed by atoms with Crippen molar-refractivity contribution < 1.29 is 17.9 Å². The SMILES string of the molecule is COc1ccc(C(C)NS(=O)(=O)c2nnc(NC(=O)c3ccc(Cl)cc3Cl)s2)cc1. The first-order valence-electron chi connectivity index (χ1n) is 8.46. The normalized spacial score (nSPS) is 12.4. The van der Waals surface area contributed by atoms with Crippen LogP contribution in [-0.4, -0.2) is 31.6 Å². The van der Waals surface area contributed by atoms with Crippen LogP contribution < -0.4 is 14.8 Å². The Morgan fingerprint density at radius 3 is 2.47 bits per heavy atom. The number of hydrogen-bond acceptors (Lipinski definition) is 7. The number of rotatable bonds is 7. The highest BCUT2D eigenvalue weighted by Gasteiger charge is 2.24. The lowest BCUT2D eigenvalue weighted by molar-refractivity contribution is 0.102. The highest BCUT2D eigenvalue weighted by molar-refractivity contribution is 7.91. The number of anilines is 1. The number of amides is 1. The van der Waals surface area contributed by atoms with Gasteiger partial charge in [-0.3, -0.25) is 10.1 Å². The quantitative estimate of drug-likeness (QED) is 0.485. The molecule has 0 aliphatic heterocycles. The van der Waals surface area contributed by atoms with Gasteiger partial charge in [0.2, 0.25) is 9.47 Å². The number of methoxy groups -OCH3 is 1. The number of aromatic nitrogens is 2. The maximum atomic E-state index is 12.6. The Kier molecular flexibility index (Phi) is 6.94. The second kappa shape index (κ2) is 9.27. The summed E-state index contributed by atoms with van der Waals surface area (Å²) in [6, 6.07) is 10.9. The predicted molar refractivity (Wildman–Crippen MR) is 116 cm³/mol. The fourth-order valence-electron chi connectivity index (χ4n) is 2.45. The molecular weight excluding hydrogens is 471 g/mol. The summed E-state index contributed by atoms with van der Waals surface area (Å²) in [5.41, 5.74) is 0.918. The summed E-state index contributed by atoms with van der Waals surface area (Å²) in [7, 11) is -2.40. The van der Waals surface area contributed by atoms with Gasteiger partial charge in [-0.25, -0.2) is 13.1 Å². The fraction of sp³-hybridized carbons (Fsp3) is 0.167. The number of carbonyl (C=O) groups is 1. The Balaban J connectivity index is 1.71. The number of benzene rings is 2. The van der Waals surface area contributed by atoms with Crippen molar-refractivity contribution in [2.45, 2.75) is 17.3 Å². The fourth-order valence-corrected chi connectivity index (χ4v) is 5.09. The van der Waals surface area contributed by atoms with E-state index in [0.29, 0.717) is 10.8 Å². The minimum atomic E-state index is -3.95. The third-order valence-corrected chi connectivity index (χ3v) is 7.27. The molecule has 2 N–H and O–H groups in total. The molecule has 0 radical (unpaired) electrons. The molecule has 30 heavy (non-hydrogen) atoms. The first-order chi connectivity index (χ1) is 14.2. The maximum Gasteiger partial charge on any atom is 0.270 e. The number of ether oxygens (including phenoxy) is 1. The molecule has 1 aromatic heterocycles. The molecule has 1 atom stereocenters. The monoisotopic (exact) mass is 486 g/mol. The zero-order valence-electron chi connectivity index (χ0n) is 15.7. The number of nitrogens with one attached hydrogen (secondary N) is 2. The summed E-state index contributed by atoms with van der Waals surface area (Å²) in [5, 5.41) is 10.4. The molecule has 3 aromatic rings. The van der Waals surface area contributed by atoms with Crippen molar-refractivity contribution in [1.29, 1.82) is 0 Å². The lowest BCUT2D eigenvalue weighted by Gasteiger charge is -2.13. The maximum absolute atomic E-state index is 12.6. The van der Waals surface area contributed by atoms with Crippen LogP contribution >= 0.6 is 34.5 Å². The van der Waals surface area contributed by atoms with E-state index in [1.165, 1.54) is 18.2 Å². The molecule has 0 bridgehead atoms. The number of halogens is 2. The third-order valence-electron chi connectivity index (χ3n) is 3.98. The zero-order chi connectivity index (χ0) is 21.9. The topological polar surface area (TPSA) is 110 Å². The van der Waals surface area contributed by atoms with Crippen LogP contribution in [0.3, 0.4) is 0 Å². The zero-order valence-corrected chi connectivity index (χ0v) is 18.9. The largest absolute Gasteiger partial charge is 0.497 e. The summed E-state index contributed by atoms with van der Waals surface area (Å²) in [6.07, 6.45) is 0. The lowest BCUT2D eigenvalue weighted by atomic mass is 10.1. The van der Waals surface area contributed by atoms with Crippen molar-refractivity contribution in [1.82, 2.24) is 14.9 Å². The Bertz CT molecular complexity index is 1170. The smallest absolute Gasteiger partial charge is 0.270 e. The minimum absolute atomic E-state index is 0.0171. The van der Waals surface area contributed by atoms with Crippen molar-refractivity contribution in [3.8, 4) is 5.75 Å². The Labute approximate surface area is 187 Å². The molecular formula is C18H16Cl2N4O4S2. The van der Waals surface area contributed by atoms with E-state index in [4.69, 9.17) is 27.9 Å². The molecule has 0 fully saturated rings. The summed E-state index contributed by atoms with van der Waals surface area (Å²) >= 11 is 12.6. The summed E-state index contributed by atoms with van der Waals surface area (Å²) in [6.45, 7) is 1.70. The molecule has 1 heterocycles. The molecule has 1 amide bonds. The summed E-state index contributed by atoms with van der Waals surface area (Å²) in [4.78, 5) is 12.3. The van der Waals surface area contributed by atoms with Gasteiger partial charge in [-0.05, 0) is 42.8 Å². The molecule has 0 aliphatic carbocycles. The van der Waals surface area contributed by atoms with Gasteiger partial charge in [-0.2, -0.15) is 0 Å². The van der Waals surface area contributed by atoms with Crippen LogP contribution in [0.1, 0.15) is 28.9 Å². The molecule has 158 valence electrons. The average Bonchev–Trinajstić information content (AvgIpc) is 3.17. The molecule has 0 aliphatic rings.